The van der Waals surface area contributed by atoms with E-state index in [9.17, 15) is 9.59 Å². The van der Waals surface area contributed by atoms with Gasteiger partial charge in [0.05, 0.1) is 7.11 Å². The fourth-order valence-electron chi connectivity index (χ4n) is 4.58. The summed E-state index contributed by atoms with van der Waals surface area (Å²) >= 11 is 0. The van der Waals surface area contributed by atoms with Crippen LogP contribution in [-0.4, -0.2) is 32.1 Å². The number of allylic oxidation sites excluding steroid dienone is 3. The standard InChI is InChI=1S/C21H20O6/c1-10-4-12-6-15-18(27-9-26-15)19-16(12)21(8-25-19)13(5-11(10)2)7-14(24-3)17(22)20(21)23/h5-7,10-11H,4,8-9H2,1-3H3/b13-5-/t10-,11+,21-/m0/s1. The molecule has 0 radical (unpaired) electrons. The lowest BCUT2D eigenvalue weighted by atomic mass is 9.63. The van der Waals surface area contributed by atoms with E-state index in [0.29, 0.717) is 23.2 Å². The van der Waals surface area contributed by atoms with Crippen molar-refractivity contribution in [1.29, 1.82) is 0 Å². The van der Waals surface area contributed by atoms with Crippen molar-refractivity contribution < 1.29 is 28.5 Å². The van der Waals surface area contributed by atoms with Crippen molar-refractivity contribution in [1.82, 2.24) is 0 Å². The van der Waals surface area contributed by atoms with Gasteiger partial charge in [-0.1, -0.05) is 19.9 Å². The molecule has 140 valence electrons. The Morgan fingerprint density at radius 1 is 1.15 bits per heavy atom. The first-order valence-corrected chi connectivity index (χ1v) is 9.13. The molecule has 27 heavy (non-hydrogen) atoms. The molecule has 0 saturated heterocycles. The molecule has 3 atom stereocenters. The number of ether oxygens (including phenoxy) is 4. The van der Waals surface area contributed by atoms with Crippen LogP contribution in [0, 0.1) is 11.8 Å². The molecule has 4 aliphatic rings. The zero-order valence-electron chi connectivity index (χ0n) is 15.5. The van der Waals surface area contributed by atoms with Crippen LogP contribution in [0.25, 0.3) is 0 Å². The Bertz CT molecular complexity index is 956. The Balaban J connectivity index is 1.86. The zero-order chi connectivity index (χ0) is 18.9. The molecule has 6 heteroatoms. The molecule has 0 amide bonds. The minimum absolute atomic E-state index is 0.0769. The fraction of sp³-hybridized carbons (Fsp3) is 0.429. The molecule has 0 bridgehead atoms. The lowest BCUT2D eigenvalue weighted by Crippen LogP contribution is -2.48. The molecule has 1 aromatic carbocycles. The summed E-state index contributed by atoms with van der Waals surface area (Å²) in [4.78, 5) is 26.1. The minimum atomic E-state index is -1.14. The lowest BCUT2D eigenvalue weighted by molar-refractivity contribution is -0.139. The fourth-order valence-corrected chi connectivity index (χ4v) is 4.58. The third kappa shape index (κ3) is 1.95. The molecule has 6 nitrogen and oxygen atoms in total. The topological polar surface area (TPSA) is 71.1 Å². The van der Waals surface area contributed by atoms with Gasteiger partial charge in [-0.2, -0.15) is 0 Å². The Hall–Kier alpha value is -2.76. The van der Waals surface area contributed by atoms with Gasteiger partial charge in [-0.3, -0.25) is 9.59 Å². The monoisotopic (exact) mass is 368 g/mol. The predicted molar refractivity (Wildman–Crippen MR) is 95.0 cm³/mol. The van der Waals surface area contributed by atoms with Crippen molar-refractivity contribution in [2.75, 3.05) is 20.5 Å². The van der Waals surface area contributed by atoms with Crippen molar-refractivity contribution >= 4 is 11.6 Å². The van der Waals surface area contributed by atoms with Crippen molar-refractivity contribution in [3.05, 3.63) is 40.7 Å². The maximum absolute atomic E-state index is 13.4. The number of ketones is 2. The highest BCUT2D eigenvalue weighted by Gasteiger charge is 2.58. The third-order valence-electron chi connectivity index (χ3n) is 6.26. The summed E-state index contributed by atoms with van der Waals surface area (Å²) in [6.45, 7) is 4.51. The SMILES string of the molecule is COC1=C/C2=C/[C@@H](C)[C@@H](C)Cc3cc4c(c5c3[C@@]2(CO5)C(=O)C1=O)OCO4. The molecule has 5 rings (SSSR count). The van der Waals surface area contributed by atoms with Crippen LogP contribution in [-0.2, 0) is 26.2 Å². The second kappa shape index (κ2) is 5.38. The highest BCUT2D eigenvalue weighted by molar-refractivity contribution is 6.48. The van der Waals surface area contributed by atoms with Crippen LogP contribution in [0.15, 0.2) is 29.6 Å². The minimum Gasteiger partial charge on any atom is -0.493 e. The van der Waals surface area contributed by atoms with E-state index in [-0.39, 0.29) is 25.1 Å². The van der Waals surface area contributed by atoms with Crippen molar-refractivity contribution in [2.24, 2.45) is 11.8 Å². The molecular formula is C21H20O6. The molecule has 1 spiro atoms. The van der Waals surface area contributed by atoms with E-state index in [2.05, 4.69) is 19.9 Å². The number of hydrogen-bond donors (Lipinski definition) is 0. The van der Waals surface area contributed by atoms with Gasteiger partial charge in [0.15, 0.2) is 17.3 Å². The second-order valence-electron chi connectivity index (χ2n) is 7.70. The maximum atomic E-state index is 13.4. The number of carbonyl (C=O) groups is 2. The first-order valence-electron chi connectivity index (χ1n) is 9.13. The number of methoxy groups -OCH3 is 1. The molecule has 0 aromatic heterocycles. The summed E-state index contributed by atoms with van der Waals surface area (Å²) in [7, 11) is 1.41. The Labute approximate surface area is 156 Å². The molecule has 0 fully saturated rings. The van der Waals surface area contributed by atoms with Crippen LogP contribution in [0.3, 0.4) is 0 Å². The van der Waals surface area contributed by atoms with E-state index in [1.54, 1.807) is 6.08 Å². The van der Waals surface area contributed by atoms with Gasteiger partial charge in [-0.05, 0) is 41.5 Å². The summed E-state index contributed by atoms with van der Waals surface area (Å²) in [5.74, 6) is 1.20. The number of carbonyl (C=O) groups excluding carboxylic acids is 2. The maximum Gasteiger partial charge on any atom is 0.264 e. The number of hydrogen-bond acceptors (Lipinski definition) is 6. The Morgan fingerprint density at radius 3 is 2.74 bits per heavy atom. The molecule has 0 saturated carbocycles. The molecule has 1 aromatic rings. The zero-order valence-corrected chi connectivity index (χ0v) is 15.5. The van der Waals surface area contributed by atoms with E-state index in [0.717, 1.165) is 23.1 Å². The van der Waals surface area contributed by atoms with E-state index in [4.69, 9.17) is 18.9 Å². The molecule has 2 heterocycles. The normalized spacial score (nSPS) is 32.4. The van der Waals surface area contributed by atoms with Crippen molar-refractivity contribution in [3.8, 4) is 17.2 Å². The van der Waals surface area contributed by atoms with Crippen LogP contribution >= 0.6 is 0 Å². The summed E-state index contributed by atoms with van der Waals surface area (Å²) in [5, 5.41) is 0. The number of Topliss-reactive ketones (excluding diaryl/α,β-unsaturated/α-hetero) is 2. The van der Waals surface area contributed by atoms with Crippen molar-refractivity contribution in [3.63, 3.8) is 0 Å². The molecule has 2 aliphatic heterocycles. The molecular weight excluding hydrogens is 348 g/mol. The van der Waals surface area contributed by atoms with Gasteiger partial charge < -0.3 is 18.9 Å². The average molecular weight is 368 g/mol. The smallest absolute Gasteiger partial charge is 0.264 e. The second-order valence-corrected chi connectivity index (χ2v) is 7.70. The first-order chi connectivity index (χ1) is 13.0. The van der Waals surface area contributed by atoms with Crippen LogP contribution in [0.1, 0.15) is 25.0 Å². The highest BCUT2D eigenvalue weighted by atomic mass is 16.7. The van der Waals surface area contributed by atoms with E-state index >= 15 is 0 Å². The van der Waals surface area contributed by atoms with Gasteiger partial charge in [-0.15, -0.1) is 0 Å². The quantitative estimate of drug-likeness (QED) is 0.710. The molecule has 2 aliphatic carbocycles. The van der Waals surface area contributed by atoms with Gasteiger partial charge in [0.2, 0.25) is 18.3 Å². The predicted octanol–water partition coefficient (Wildman–Crippen LogP) is 2.48. The van der Waals surface area contributed by atoms with Crippen molar-refractivity contribution in [2.45, 2.75) is 25.7 Å². The molecule has 0 N–H and O–H groups in total. The van der Waals surface area contributed by atoms with E-state index in [1.165, 1.54) is 7.11 Å². The highest BCUT2D eigenvalue weighted by Crippen LogP contribution is 2.57. The van der Waals surface area contributed by atoms with Gasteiger partial charge in [-0.25, -0.2) is 0 Å². The van der Waals surface area contributed by atoms with Gasteiger partial charge in [0.25, 0.3) is 5.78 Å². The van der Waals surface area contributed by atoms with E-state index in [1.807, 2.05) is 6.07 Å². The lowest BCUT2D eigenvalue weighted by Gasteiger charge is -2.36. The Morgan fingerprint density at radius 2 is 1.96 bits per heavy atom. The van der Waals surface area contributed by atoms with Gasteiger partial charge in [0.1, 0.15) is 12.0 Å². The number of fused-ring (bicyclic) bond motifs is 2. The van der Waals surface area contributed by atoms with Crippen LogP contribution in [0.2, 0.25) is 0 Å². The number of benzene rings is 1. The first kappa shape index (κ1) is 16.4. The average Bonchev–Trinajstić information content (AvgIpc) is 3.26. The van der Waals surface area contributed by atoms with E-state index < -0.39 is 17.0 Å². The summed E-state index contributed by atoms with van der Waals surface area (Å²) in [6.07, 6.45) is 4.54. The van der Waals surface area contributed by atoms with Gasteiger partial charge in [0, 0.05) is 5.56 Å². The summed E-state index contributed by atoms with van der Waals surface area (Å²) in [5.41, 5.74) is 1.36. The summed E-state index contributed by atoms with van der Waals surface area (Å²) in [6, 6.07) is 1.94. The number of rotatable bonds is 1. The summed E-state index contributed by atoms with van der Waals surface area (Å²) < 4.78 is 22.4. The third-order valence-corrected chi connectivity index (χ3v) is 6.26. The van der Waals surface area contributed by atoms with Crippen LogP contribution in [0.4, 0.5) is 0 Å². The largest absolute Gasteiger partial charge is 0.493 e. The van der Waals surface area contributed by atoms with Crippen LogP contribution in [0.5, 0.6) is 17.2 Å². The van der Waals surface area contributed by atoms with Crippen LogP contribution < -0.4 is 14.2 Å². The Kier molecular flexibility index (Phi) is 3.27. The molecule has 0 unspecified atom stereocenters. The van der Waals surface area contributed by atoms with Gasteiger partial charge >= 0.3 is 0 Å².